The van der Waals surface area contributed by atoms with Crippen LogP contribution < -0.4 is 5.32 Å². The Morgan fingerprint density at radius 1 is 1.06 bits per heavy atom. The van der Waals surface area contributed by atoms with E-state index in [-0.39, 0.29) is 36.3 Å². The van der Waals surface area contributed by atoms with Gasteiger partial charge in [-0.25, -0.2) is 14.8 Å². The lowest BCUT2D eigenvalue weighted by molar-refractivity contribution is -0.154. The summed E-state index contributed by atoms with van der Waals surface area (Å²) in [5.41, 5.74) is 0.396. The Kier molecular flexibility index (Phi) is 6.86. The number of hydrogen-bond donors (Lipinski definition) is 1. The van der Waals surface area contributed by atoms with Crippen LogP contribution in [-0.4, -0.2) is 81.0 Å². The van der Waals surface area contributed by atoms with Gasteiger partial charge in [-0.3, -0.25) is 33.8 Å². The lowest BCUT2D eigenvalue weighted by Crippen LogP contribution is -2.58. The molecule has 3 heterocycles. The molecule has 12 heteroatoms. The van der Waals surface area contributed by atoms with E-state index in [2.05, 4.69) is 15.3 Å². The van der Waals surface area contributed by atoms with Crippen LogP contribution in [0.1, 0.15) is 51.1 Å². The first kappa shape index (κ1) is 24.6. The molecule has 0 bridgehead atoms. The topological polar surface area (TPSA) is 156 Å². The zero-order chi connectivity index (χ0) is 26.0. The number of esters is 1. The molecule has 1 aromatic carbocycles. The van der Waals surface area contributed by atoms with Crippen LogP contribution in [0.3, 0.4) is 0 Å². The molecule has 2 aromatic rings. The number of carbonyl (C=O) groups is 6. The van der Waals surface area contributed by atoms with Gasteiger partial charge in [-0.15, -0.1) is 0 Å². The number of piperidine rings is 1. The highest BCUT2D eigenvalue weighted by Gasteiger charge is 2.47. The van der Waals surface area contributed by atoms with Gasteiger partial charge in [0.1, 0.15) is 12.1 Å². The molecule has 12 nitrogen and oxygen atoms in total. The lowest BCUT2D eigenvalue weighted by Gasteiger charge is -2.36. The van der Waals surface area contributed by atoms with Crippen LogP contribution in [0.25, 0.3) is 0 Å². The molecule has 1 fully saturated rings. The average molecular weight is 493 g/mol. The minimum absolute atomic E-state index is 0.00344. The maximum Gasteiger partial charge on any atom is 0.328 e. The van der Waals surface area contributed by atoms with E-state index in [1.54, 1.807) is 19.1 Å². The van der Waals surface area contributed by atoms with Crippen molar-refractivity contribution < 1.29 is 33.5 Å². The van der Waals surface area contributed by atoms with Crippen molar-refractivity contribution in [2.45, 2.75) is 31.8 Å². The van der Waals surface area contributed by atoms with E-state index in [1.165, 1.54) is 30.6 Å². The van der Waals surface area contributed by atoms with Crippen molar-refractivity contribution in [1.29, 1.82) is 0 Å². The third-order valence-corrected chi connectivity index (χ3v) is 6.17. The number of ether oxygens (including phenoxy) is 1. The molecule has 1 N–H and O–H groups in total. The number of aromatic nitrogens is 2. The van der Waals surface area contributed by atoms with Crippen LogP contribution in [-0.2, 0) is 19.1 Å². The number of methoxy groups -OCH3 is 1. The second kappa shape index (κ2) is 10.0. The van der Waals surface area contributed by atoms with Crippen molar-refractivity contribution in [3.63, 3.8) is 0 Å². The number of nitrogens with one attached hydrogen (secondary N) is 1. The summed E-state index contributed by atoms with van der Waals surface area (Å²) in [5.74, 6) is -4.92. The van der Waals surface area contributed by atoms with Gasteiger partial charge in [-0.05, 0) is 24.6 Å². The molecule has 186 valence electrons. The molecule has 2 unspecified atom stereocenters. The Morgan fingerprint density at radius 2 is 1.67 bits per heavy atom. The molecule has 2 aliphatic rings. The minimum Gasteiger partial charge on any atom is -0.467 e. The van der Waals surface area contributed by atoms with Gasteiger partial charge in [0.25, 0.3) is 23.6 Å². The number of fused-ring (bicyclic) bond motifs is 1. The number of imide groups is 2. The van der Waals surface area contributed by atoms with Crippen LogP contribution in [0.15, 0.2) is 42.7 Å². The summed E-state index contributed by atoms with van der Waals surface area (Å²) in [6.07, 6.45) is 2.64. The van der Waals surface area contributed by atoms with Crippen molar-refractivity contribution in [2.24, 2.45) is 5.92 Å². The summed E-state index contributed by atoms with van der Waals surface area (Å²) < 4.78 is 4.80. The predicted molar refractivity (Wildman–Crippen MR) is 121 cm³/mol. The Hall–Kier alpha value is -4.48. The van der Waals surface area contributed by atoms with Gasteiger partial charge in [0.15, 0.2) is 0 Å². The van der Waals surface area contributed by atoms with E-state index in [4.69, 9.17) is 4.74 Å². The van der Waals surface area contributed by atoms with Crippen LogP contribution >= 0.6 is 0 Å². The van der Waals surface area contributed by atoms with E-state index >= 15 is 0 Å². The SMILES string of the molecule is COC(=O)C(NC(=O)c1ncccn1)C(C)CN1C(=O)CC[C@H](N2C(=O)c3ccccc3C2=O)C1=O. The highest BCUT2D eigenvalue weighted by Crippen LogP contribution is 2.29. The van der Waals surface area contributed by atoms with Gasteiger partial charge in [0.05, 0.1) is 18.2 Å². The Labute approximate surface area is 205 Å². The van der Waals surface area contributed by atoms with Gasteiger partial charge in [0.2, 0.25) is 11.7 Å². The lowest BCUT2D eigenvalue weighted by atomic mass is 9.97. The number of amides is 5. The molecule has 0 aliphatic carbocycles. The number of rotatable bonds is 7. The van der Waals surface area contributed by atoms with Gasteiger partial charge in [-0.1, -0.05) is 19.1 Å². The molecule has 3 atom stereocenters. The summed E-state index contributed by atoms with van der Waals surface area (Å²) in [5, 5.41) is 2.49. The largest absolute Gasteiger partial charge is 0.467 e. The molecule has 2 aliphatic heterocycles. The smallest absolute Gasteiger partial charge is 0.328 e. The molecular weight excluding hydrogens is 470 g/mol. The van der Waals surface area contributed by atoms with Gasteiger partial charge in [0, 0.05) is 31.3 Å². The average Bonchev–Trinajstić information content (AvgIpc) is 3.14. The van der Waals surface area contributed by atoms with Crippen molar-refractivity contribution in [2.75, 3.05) is 13.7 Å². The van der Waals surface area contributed by atoms with E-state index in [1.807, 2.05) is 0 Å². The molecule has 1 saturated heterocycles. The van der Waals surface area contributed by atoms with Gasteiger partial charge >= 0.3 is 5.97 Å². The van der Waals surface area contributed by atoms with Crippen LogP contribution in [0.4, 0.5) is 0 Å². The van der Waals surface area contributed by atoms with Crippen molar-refractivity contribution >= 4 is 35.5 Å². The Bertz CT molecular complexity index is 1210. The summed E-state index contributed by atoms with van der Waals surface area (Å²) in [4.78, 5) is 86.3. The normalized spacial score (nSPS) is 19.1. The van der Waals surface area contributed by atoms with E-state index in [9.17, 15) is 28.8 Å². The minimum atomic E-state index is -1.23. The van der Waals surface area contributed by atoms with Crippen molar-refractivity contribution in [3.8, 4) is 0 Å². The van der Waals surface area contributed by atoms with Gasteiger partial charge in [-0.2, -0.15) is 0 Å². The fourth-order valence-corrected chi connectivity index (χ4v) is 4.32. The fourth-order valence-electron chi connectivity index (χ4n) is 4.32. The molecule has 36 heavy (non-hydrogen) atoms. The monoisotopic (exact) mass is 493 g/mol. The zero-order valence-electron chi connectivity index (χ0n) is 19.5. The van der Waals surface area contributed by atoms with E-state index in [0.717, 1.165) is 16.9 Å². The standard InChI is InChI=1S/C24H23N5O7/c1-13(18(24(35)36-2)27-20(31)19-25-10-5-11-26-19)12-28-17(30)9-8-16(23(28)34)29-21(32)14-6-3-4-7-15(14)22(29)33/h3-7,10-11,13,16,18H,8-9,12H2,1-2H3,(H,27,31)/t13?,16-,18?/m0/s1. The summed E-state index contributed by atoms with van der Waals surface area (Å²) in [7, 11) is 1.14. The maximum atomic E-state index is 13.3. The zero-order valence-corrected chi connectivity index (χ0v) is 19.5. The molecule has 0 saturated carbocycles. The third kappa shape index (κ3) is 4.44. The fraction of sp³-hybridized carbons (Fsp3) is 0.333. The van der Waals surface area contributed by atoms with Crippen LogP contribution in [0, 0.1) is 5.92 Å². The summed E-state index contributed by atoms with van der Waals surface area (Å²) in [6, 6.07) is 5.39. The van der Waals surface area contributed by atoms with Crippen LogP contribution in [0.2, 0.25) is 0 Å². The van der Waals surface area contributed by atoms with Crippen LogP contribution in [0.5, 0.6) is 0 Å². The first-order chi connectivity index (χ1) is 17.2. The van der Waals surface area contributed by atoms with Crippen molar-refractivity contribution in [1.82, 2.24) is 25.1 Å². The first-order valence-corrected chi connectivity index (χ1v) is 11.2. The third-order valence-electron chi connectivity index (χ3n) is 6.17. The molecular formula is C24H23N5O7. The van der Waals surface area contributed by atoms with Crippen molar-refractivity contribution in [3.05, 3.63) is 59.7 Å². The number of nitrogens with zero attached hydrogens (tertiary/aromatic N) is 4. The highest BCUT2D eigenvalue weighted by atomic mass is 16.5. The number of likely N-dealkylation sites (tertiary alicyclic amines) is 1. The maximum absolute atomic E-state index is 13.3. The number of benzene rings is 1. The van der Waals surface area contributed by atoms with E-state index in [0.29, 0.717) is 0 Å². The second-order valence-corrected chi connectivity index (χ2v) is 8.45. The summed E-state index contributed by atoms with van der Waals surface area (Å²) >= 11 is 0. The molecule has 1 aromatic heterocycles. The first-order valence-electron chi connectivity index (χ1n) is 11.2. The predicted octanol–water partition coefficient (Wildman–Crippen LogP) is 0.198. The summed E-state index contributed by atoms with van der Waals surface area (Å²) in [6.45, 7) is 1.30. The molecule has 0 spiro atoms. The number of carbonyl (C=O) groups excluding carboxylic acids is 6. The molecule has 0 radical (unpaired) electrons. The molecule has 5 amide bonds. The Morgan fingerprint density at radius 3 is 2.25 bits per heavy atom. The molecule has 4 rings (SSSR count). The Balaban J connectivity index is 1.52. The van der Waals surface area contributed by atoms with E-state index < -0.39 is 53.5 Å². The quantitative estimate of drug-likeness (QED) is 0.420. The van der Waals surface area contributed by atoms with Gasteiger partial charge < -0.3 is 10.1 Å². The second-order valence-electron chi connectivity index (χ2n) is 8.45. The number of hydrogen-bond acceptors (Lipinski definition) is 9. The highest BCUT2D eigenvalue weighted by molar-refractivity contribution is 6.23.